The van der Waals surface area contributed by atoms with Gasteiger partial charge in [-0.15, -0.1) is 0 Å². The van der Waals surface area contributed by atoms with E-state index in [0.29, 0.717) is 17.1 Å². The predicted octanol–water partition coefficient (Wildman–Crippen LogP) is 1.78. The molecule has 0 bridgehead atoms. The fourth-order valence-electron chi connectivity index (χ4n) is 4.12. The zero-order valence-electron chi connectivity index (χ0n) is 18.6. The molecule has 2 N–H and O–H groups in total. The summed E-state index contributed by atoms with van der Waals surface area (Å²) in [5, 5.41) is 5.70. The van der Waals surface area contributed by atoms with Gasteiger partial charge in [0.1, 0.15) is 12.1 Å². The molecule has 2 fully saturated rings. The molecular formula is C22H27ClN4O6. The number of hydrogen-bond donors (Lipinski definition) is 2. The summed E-state index contributed by atoms with van der Waals surface area (Å²) in [7, 11) is 1.38. The van der Waals surface area contributed by atoms with Crippen LogP contribution in [0, 0.1) is 5.92 Å². The Labute approximate surface area is 196 Å². The van der Waals surface area contributed by atoms with Crippen LogP contribution in [-0.4, -0.2) is 71.8 Å². The fraction of sp³-hybridized carbons (Fsp3) is 0.500. The van der Waals surface area contributed by atoms with Crippen molar-refractivity contribution in [2.24, 2.45) is 5.92 Å². The van der Waals surface area contributed by atoms with Gasteiger partial charge in [0.25, 0.3) is 11.8 Å². The lowest BCUT2D eigenvalue weighted by Gasteiger charge is -2.36. The first-order chi connectivity index (χ1) is 15.6. The maximum absolute atomic E-state index is 12.9. The normalized spacial score (nSPS) is 22.2. The highest BCUT2D eigenvalue weighted by atomic mass is 35.5. The van der Waals surface area contributed by atoms with Gasteiger partial charge in [0.05, 0.1) is 17.3 Å². The van der Waals surface area contributed by atoms with Gasteiger partial charge in [-0.2, -0.15) is 0 Å². The van der Waals surface area contributed by atoms with Gasteiger partial charge in [0.2, 0.25) is 5.91 Å². The number of rotatable bonds is 7. The van der Waals surface area contributed by atoms with Crippen LogP contribution in [0.25, 0.3) is 0 Å². The van der Waals surface area contributed by atoms with E-state index in [9.17, 15) is 24.0 Å². The van der Waals surface area contributed by atoms with Gasteiger partial charge in [0.15, 0.2) is 6.61 Å². The van der Waals surface area contributed by atoms with Crippen molar-refractivity contribution in [1.82, 2.24) is 15.1 Å². The SMILES string of the molecule is CC1CCCCC12NC(=O)N(CC(=O)OCC(=O)N(C)CC(=O)Nc1ccccc1Cl)C2=O. The van der Waals surface area contributed by atoms with Crippen molar-refractivity contribution in [1.29, 1.82) is 0 Å². The van der Waals surface area contributed by atoms with Crippen molar-refractivity contribution in [3.63, 3.8) is 0 Å². The summed E-state index contributed by atoms with van der Waals surface area (Å²) >= 11 is 5.99. The highest BCUT2D eigenvalue weighted by Crippen LogP contribution is 2.38. The lowest BCUT2D eigenvalue weighted by atomic mass is 9.73. The van der Waals surface area contributed by atoms with Crippen LogP contribution in [0.15, 0.2) is 24.3 Å². The van der Waals surface area contributed by atoms with E-state index in [1.165, 1.54) is 7.05 Å². The van der Waals surface area contributed by atoms with Crippen LogP contribution in [-0.2, 0) is 23.9 Å². The first-order valence-corrected chi connectivity index (χ1v) is 11.1. The molecule has 1 saturated heterocycles. The van der Waals surface area contributed by atoms with Gasteiger partial charge in [-0.1, -0.05) is 43.5 Å². The number of halogens is 1. The number of ether oxygens (including phenoxy) is 1. The summed E-state index contributed by atoms with van der Waals surface area (Å²) in [5.41, 5.74) is -0.559. The third kappa shape index (κ3) is 5.44. The molecule has 2 aliphatic rings. The lowest BCUT2D eigenvalue weighted by molar-refractivity contribution is -0.154. The molecule has 2 unspecified atom stereocenters. The van der Waals surface area contributed by atoms with E-state index in [4.69, 9.17) is 16.3 Å². The molecule has 178 valence electrons. The number of esters is 1. The summed E-state index contributed by atoms with van der Waals surface area (Å²) < 4.78 is 4.95. The topological polar surface area (TPSA) is 125 Å². The highest BCUT2D eigenvalue weighted by Gasteiger charge is 2.55. The van der Waals surface area contributed by atoms with Crippen LogP contribution < -0.4 is 10.6 Å². The van der Waals surface area contributed by atoms with E-state index in [0.717, 1.165) is 29.1 Å². The van der Waals surface area contributed by atoms with E-state index in [-0.39, 0.29) is 12.5 Å². The maximum Gasteiger partial charge on any atom is 0.326 e. The van der Waals surface area contributed by atoms with E-state index in [1.54, 1.807) is 24.3 Å². The molecule has 0 radical (unpaired) electrons. The molecule has 1 saturated carbocycles. The molecule has 1 aromatic carbocycles. The second kappa shape index (κ2) is 10.2. The van der Waals surface area contributed by atoms with Crippen molar-refractivity contribution in [3.05, 3.63) is 29.3 Å². The number of urea groups is 1. The number of amides is 5. The number of nitrogens with one attached hydrogen (secondary N) is 2. The second-order valence-electron chi connectivity index (χ2n) is 8.38. The Morgan fingerprint density at radius 2 is 2.00 bits per heavy atom. The molecule has 1 heterocycles. The molecule has 11 heteroatoms. The second-order valence-corrected chi connectivity index (χ2v) is 8.79. The minimum atomic E-state index is -0.972. The smallest absolute Gasteiger partial charge is 0.326 e. The van der Waals surface area contributed by atoms with Gasteiger partial charge >= 0.3 is 12.0 Å². The Kier molecular flexibility index (Phi) is 7.57. The minimum absolute atomic E-state index is 0.0316. The van der Waals surface area contributed by atoms with Gasteiger partial charge < -0.3 is 20.3 Å². The zero-order chi connectivity index (χ0) is 24.2. The molecule has 1 aliphatic heterocycles. The Morgan fingerprint density at radius 3 is 2.70 bits per heavy atom. The summed E-state index contributed by atoms with van der Waals surface area (Å²) in [6.07, 6.45) is 3.15. The average molecular weight is 479 g/mol. The Balaban J connectivity index is 1.46. The molecule has 33 heavy (non-hydrogen) atoms. The Bertz CT molecular complexity index is 970. The van der Waals surface area contributed by atoms with Crippen LogP contribution in [0.2, 0.25) is 5.02 Å². The number of nitrogens with zero attached hydrogens (tertiary/aromatic N) is 2. The van der Waals surface area contributed by atoms with Gasteiger partial charge in [0, 0.05) is 7.05 Å². The van der Waals surface area contributed by atoms with Crippen LogP contribution in [0.5, 0.6) is 0 Å². The standard InChI is InChI=1S/C22H27ClN4O6/c1-14-7-5-6-10-22(14)20(31)27(21(32)25-22)12-19(30)33-13-18(29)26(2)11-17(28)24-16-9-4-3-8-15(16)23/h3-4,8-9,14H,5-7,10-13H2,1-2H3,(H,24,28)(H,25,32). The molecule has 0 aromatic heterocycles. The molecular weight excluding hydrogens is 452 g/mol. The van der Waals surface area contributed by atoms with Crippen LogP contribution in [0.3, 0.4) is 0 Å². The predicted molar refractivity (Wildman–Crippen MR) is 119 cm³/mol. The zero-order valence-corrected chi connectivity index (χ0v) is 19.3. The highest BCUT2D eigenvalue weighted by molar-refractivity contribution is 6.33. The van der Waals surface area contributed by atoms with Gasteiger partial charge in [-0.25, -0.2) is 4.79 Å². The summed E-state index contributed by atoms with van der Waals surface area (Å²) in [5.74, 6) is -2.45. The largest absolute Gasteiger partial charge is 0.454 e. The average Bonchev–Trinajstić information content (AvgIpc) is 3.00. The van der Waals surface area contributed by atoms with Crippen molar-refractivity contribution in [3.8, 4) is 0 Å². The summed E-state index contributed by atoms with van der Waals surface area (Å²) in [6, 6.07) is 6.03. The molecule has 1 aliphatic carbocycles. The quantitative estimate of drug-likeness (QED) is 0.454. The van der Waals surface area contributed by atoms with Crippen LogP contribution in [0.4, 0.5) is 10.5 Å². The van der Waals surface area contributed by atoms with Crippen LogP contribution >= 0.6 is 11.6 Å². The monoisotopic (exact) mass is 478 g/mol. The van der Waals surface area contributed by atoms with Crippen molar-refractivity contribution in [2.75, 3.05) is 32.1 Å². The number of anilines is 1. The van der Waals surface area contributed by atoms with Crippen molar-refractivity contribution < 1.29 is 28.7 Å². The van der Waals surface area contributed by atoms with Crippen molar-refractivity contribution >= 4 is 47.0 Å². The first kappa shape index (κ1) is 24.5. The first-order valence-electron chi connectivity index (χ1n) is 10.7. The van der Waals surface area contributed by atoms with Crippen LogP contribution in [0.1, 0.15) is 32.6 Å². The van der Waals surface area contributed by atoms with Gasteiger partial charge in [-0.05, 0) is 30.9 Å². The van der Waals surface area contributed by atoms with Crippen molar-refractivity contribution in [2.45, 2.75) is 38.1 Å². The van der Waals surface area contributed by atoms with E-state index in [1.807, 2.05) is 6.92 Å². The number of benzene rings is 1. The summed E-state index contributed by atoms with van der Waals surface area (Å²) in [4.78, 5) is 63.7. The number of likely N-dealkylation sites (N-methyl/N-ethyl adjacent to an activating group) is 1. The third-order valence-electron chi connectivity index (χ3n) is 6.10. The van der Waals surface area contributed by atoms with Gasteiger partial charge in [-0.3, -0.25) is 24.1 Å². The van der Waals surface area contributed by atoms with E-state index < -0.39 is 48.4 Å². The maximum atomic E-state index is 12.9. The third-order valence-corrected chi connectivity index (χ3v) is 6.43. The summed E-state index contributed by atoms with van der Waals surface area (Å²) in [6.45, 7) is 0.424. The molecule has 1 spiro atoms. The molecule has 5 amide bonds. The van der Waals surface area contributed by atoms with E-state index >= 15 is 0 Å². The number of hydrogen-bond acceptors (Lipinski definition) is 6. The number of carbonyl (C=O) groups is 5. The number of para-hydroxylation sites is 1. The molecule has 1 aromatic rings. The fourth-order valence-corrected chi connectivity index (χ4v) is 4.31. The number of imide groups is 1. The lowest BCUT2D eigenvalue weighted by Crippen LogP contribution is -2.54. The molecule has 2 atom stereocenters. The number of carbonyl (C=O) groups excluding carboxylic acids is 5. The van der Waals surface area contributed by atoms with E-state index in [2.05, 4.69) is 10.6 Å². The Morgan fingerprint density at radius 1 is 1.27 bits per heavy atom. The molecule has 3 rings (SSSR count). The minimum Gasteiger partial charge on any atom is -0.454 e. The Hall–Kier alpha value is -3.14. The molecule has 10 nitrogen and oxygen atoms in total.